The summed E-state index contributed by atoms with van der Waals surface area (Å²) in [5.74, 6) is 1.20. The number of rotatable bonds is 4. The van der Waals surface area contributed by atoms with Crippen LogP contribution in [0.5, 0.6) is 0 Å². The van der Waals surface area contributed by atoms with E-state index in [0.29, 0.717) is 5.75 Å². The molecule has 0 atom stereocenters. The molecule has 0 saturated carbocycles. The van der Waals surface area contributed by atoms with Crippen LogP contribution in [0.2, 0.25) is 0 Å². The third kappa shape index (κ3) is 3.17. The van der Waals surface area contributed by atoms with Gasteiger partial charge in [-0.15, -0.1) is 11.8 Å². The van der Waals surface area contributed by atoms with Crippen molar-refractivity contribution in [1.29, 1.82) is 0 Å². The molecule has 0 aliphatic heterocycles. The zero-order chi connectivity index (χ0) is 13.0. The molecule has 5 heteroatoms. The van der Waals surface area contributed by atoms with Crippen LogP contribution in [0.4, 0.5) is 0 Å². The molecular formula is C13H11BrO3S. The lowest BCUT2D eigenvalue weighted by Gasteiger charge is -2.01. The molecule has 94 valence electrons. The summed E-state index contributed by atoms with van der Waals surface area (Å²) in [6.07, 6.45) is 0. The van der Waals surface area contributed by atoms with E-state index in [1.165, 1.54) is 7.11 Å². The van der Waals surface area contributed by atoms with E-state index in [9.17, 15) is 4.79 Å². The molecule has 2 aromatic rings. The number of halogens is 1. The minimum atomic E-state index is -0.452. The summed E-state index contributed by atoms with van der Waals surface area (Å²) in [7, 11) is 1.33. The van der Waals surface area contributed by atoms with Crippen LogP contribution in [-0.4, -0.2) is 13.1 Å². The summed E-state index contributed by atoms with van der Waals surface area (Å²) >= 11 is 5.12. The maximum atomic E-state index is 11.2. The highest BCUT2D eigenvalue weighted by Crippen LogP contribution is 2.30. The SMILES string of the molecule is COC(=O)c1ccc(CSc2ccccc2Br)o1. The fourth-order valence-electron chi connectivity index (χ4n) is 1.38. The van der Waals surface area contributed by atoms with Gasteiger partial charge in [0.2, 0.25) is 5.76 Å². The Bertz CT molecular complexity index is 551. The first-order valence-electron chi connectivity index (χ1n) is 5.25. The van der Waals surface area contributed by atoms with Crippen LogP contribution in [0.1, 0.15) is 16.3 Å². The Morgan fingerprint density at radius 1 is 1.33 bits per heavy atom. The van der Waals surface area contributed by atoms with E-state index in [2.05, 4.69) is 20.7 Å². The average molecular weight is 327 g/mol. The highest BCUT2D eigenvalue weighted by atomic mass is 79.9. The van der Waals surface area contributed by atoms with Crippen LogP contribution in [0.15, 0.2) is 50.2 Å². The number of thioether (sulfide) groups is 1. The Morgan fingerprint density at radius 2 is 2.11 bits per heavy atom. The molecule has 0 bridgehead atoms. The van der Waals surface area contributed by atoms with Gasteiger partial charge >= 0.3 is 5.97 Å². The van der Waals surface area contributed by atoms with Crippen molar-refractivity contribution < 1.29 is 13.9 Å². The van der Waals surface area contributed by atoms with Crippen LogP contribution in [0.3, 0.4) is 0 Å². The Hall–Kier alpha value is -1.20. The third-order valence-electron chi connectivity index (χ3n) is 2.25. The Kier molecular flexibility index (Phi) is 4.49. The lowest BCUT2D eigenvalue weighted by Crippen LogP contribution is -1.98. The molecule has 0 aliphatic carbocycles. The van der Waals surface area contributed by atoms with Crippen molar-refractivity contribution in [3.05, 3.63) is 52.4 Å². The zero-order valence-electron chi connectivity index (χ0n) is 9.68. The zero-order valence-corrected chi connectivity index (χ0v) is 12.1. The van der Waals surface area contributed by atoms with E-state index in [-0.39, 0.29) is 5.76 Å². The number of benzene rings is 1. The number of hydrogen-bond donors (Lipinski definition) is 0. The second-order valence-corrected chi connectivity index (χ2v) is 5.35. The molecule has 1 heterocycles. The van der Waals surface area contributed by atoms with Gasteiger partial charge in [-0.25, -0.2) is 4.79 Å². The molecule has 1 aromatic carbocycles. The molecule has 18 heavy (non-hydrogen) atoms. The van der Waals surface area contributed by atoms with Crippen LogP contribution < -0.4 is 0 Å². The van der Waals surface area contributed by atoms with Crippen LogP contribution in [0.25, 0.3) is 0 Å². The number of esters is 1. The van der Waals surface area contributed by atoms with E-state index in [1.807, 2.05) is 24.3 Å². The molecule has 1 aromatic heterocycles. The molecule has 2 rings (SSSR count). The van der Waals surface area contributed by atoms with Gasteiger partial charge in [0.25, 0.3) is 0 Å². The summed E-state index contributed by atoms with van der Waals surface area (Å²) < 4.78 is 11.0. The van der Waals surface area contributed by atoms with E-state index in [1.54, 1.807) is 23.9 Å². The van der Waals surface area contributed by atoms with Gasteiger partial charge in [-0.05, 0) is 40.2 Å². The van der Waals surface area contributed by atoms with E-state index in [4.69, 9.17) is 4.42 Å². The molecular weight excluding hydrogens is 316 g/mol. The second-order valence-electron chi connectivity index (χ2n) is 3.48. The van der Waals surface area contributed by atoms with Crippen molar-refractivity contribution in [1.82, 2.24) is 0 Å². The lowest BCUT2D eigenvalue weighted by molar-refractivity contribution is 0.0563. The molecule has 3 nitrogen and oxygen atoms in total. The largest absolute Gasteiger partial charge is 0.463 e. The fourth-order valence-corrected chi connectivity index (χ4v) is 2.84. The third-order valence-corrected chi connectivity index (χ3v) is 4.30. The predicted molar refractivity (Wildman–Crippen MR) is 73.8 cm³/mol. The smallest absolute Gasteiger partial charge is 0.373 e. The van der Waals surface area contributed by atoms with Crippen molar-refractivity contribution in [3.63, 3.8) is 0 Å². The maximum Gasteiger partial charge on any atom is 0.373 e. The van der Waals surface area contributed by atoms with Crippen LogP contribution >= 0.6 is 27.7 Å². The van der Waals surface area contributed by atoms with Crippen molar-refractivity contribution in [2.75, 3.05) is 7.11 Å². The topological polar surface area (TPSA) is 39.4 Å². The average Bonchev–Trinajstić information content (AvgIpc) is 2.86. The molecule has 0 saturated heterocycles. The number of carbonyl (C=O) groups is 1. The van der Waals surface area contributed by atoms with Crippen molar-refractivity contribution in [2.45, 2.75) is 10.6 Å². The van der Waals surface area contributed by atoms with Gasteiger partial charge < -0.3 is 9.15 Å². The molecule has 0 radical (unpaired) electrons. The number of ether oxygens (including phenoxy) is 1. The summed E-state index contributed by atoms with van der Waals surface area (Å²) in [6, 6.07) is 11.4. The molecule has 0 unspecified atom stereocenters. The quantitative estimate of drug-likeness (QED) is 0.625. The molecule has 0 amide bonds. The summed E-state index contributed by atoms with van der Waals surface area (Å²) in [4.78, 5) is 12.4. The highest BCUT2D eigenvalue weighted by molar-refractivity contribution is 9.10. The maximum absolute atomic E-state index is 11.2. The minimum Gasteiger partial charge on any atom is -0.463 e. The van der Waals surface area contributed by atoms with Crippen molar-refractivity contribution >= 4 is 33.7 Å². The highest BCUT2D eigenvalue weighted by Gasteiger charge is 2.11. The van der Waals surface area contributed by atoms with Crippen molar-refractivity contribution in [2.24, 2.45) is 0 Å². The van der Waals surface area contributed by atoms with Gasteiger partial charge in [-0.3, -0.25) is 0 Å². The molecule has 0 spiro atoms. The molecule has 0 aliphatic rings. The van der Waals surface area contributed by atoms with Gasteiger partial charge in [0.05, 0.1) is 12.9 Å². The van der Waals surface area contributed by atoms with E-state index in [0.717, 1.165) is 15.1 Å². The van der Waals surface area contributed by atoms with E-state index < -0.39 is 5.97 Å². The number of carbonyl (C=O) groups excluding carboxylic acids is 1. The van der Waals surface area contributed by atoms with Gasteiger partial charge in [-0.1, -0.05) is 12.1 Å². The molecule has 0 N–H and O–H groups in total. The Labute approximate surface area is 118 Å². The first kappa shape index (κ1) is 13.2. The lowest BCUT2D eigenvalue weighted by atomic mass is 10.4. The number of hydrogen-bond acceptors (Lipinski definition) is 4. The van der Waals surface area contributed by atoms with E-state index >= 15 is 0 Å². The monoisotopic (exact) mass is 326 g/mol. The standard InChI is InChI=1S/C13H11BrO3S/c1-16-13(15)11-7-6-9(17-11)8-18-12-5-3-2-4-10(12)14/h2-7H,8H2,1H3. The van der Waals surface area contributed by atoms with Crippen molar-refractivity contribution in [3.8, 4) is 0 Å². The molecule has 0 fully saturated rings. The summed E-state index contributed by atoms with van der Waals surface area (Å²) in [5, 5.41) is 0. The first-order valence-corrected chi connectivity index (χ1v) is 7.03. The predicted octanol–water partition coefficient (Wildman–Crippen LogP) is 4.12. The van der Waals surface area contributed by atoms with Gasteiger partial charge in [0, 0.05) is 9.37 Å². The fraction of sp³-hybridized carbons (Fsp3) is 0.154. The number of methoxy groups -OCH3 is 1. The Morgan fingerprint density at radius 3 is 2.83 bits per heavy atom. The van der Waals surface area contributed by atoms with Crippen LogP contribution in [-0.2, 0) is 10.5 Å². The first-order chi connectivity index (χ1) is 8.70. The van der Waals surface area contributed by atoms with Gasteiger partial charge in [0.1, 0.15) is 5.76 Å². The number of furan rings is 1. The minimum absolute atomic E-state index is 0.236. The summed E-state index contributed by atoms with van der Waals surface area (Å²) in [5.41, 5.74) is 0. The van der Waals surface area contributed by atoms with Crippen LogP contribution in [0, 0.1) is 0 Å². The van der Waals surface area contributed by atoms with Gasteiger partial charge in [-0.2, -0.15) is 0 Å². The normalized spacial score (nSPS) is 10.3. The van der Waals surface area contributed by atoms with Gasteiger partial charge in [0.15, 0.2) is 0 Å². The second kappa shape index (κ2) is 6.11. The summed E-state index contributed by atoms with van der Waals surface area (Å²) in [6.45, 7) is 0. The Balaban J connectivity index is 2.01.